The average Bonchev–Trinajstić information content (AvgIpc) is 3.91. The van der Waals surface area contributed by atoms with Gasteiger partial charge < -0.3 is 23.6 Å². The number of nitrogens with one attached hydrogen (secondary N) is 1. The van der Waals surface area contributed by atoms with Gasteiger partial charge in [-0.1, -0.05) is 31.9 Å². The minimum Gasteiger partial charge on any atom is -0.464 e. The molecule has 8 rings (SSSR count). The second-order valence-electron chi connectivity index (χ2n) is 12.1. The van der Waals surface area contributed by atoms with E-state index in [-0.39, 0.29) is 13.2 Å². The van der Waals surface area contributed by atoms with E-state index in [1.54, 1.807) is 38.5 Å². The van der Waals surface area contributed by atoms with E-state index in [2.05, 4.69) is 52.0 Å². The van der Waals surface area contributed by atoms with Crippen LogP contribution in [-0.4, -0.2) is 63.8 Å². The van der Waals surface area contributed by atoms with Crippen molar-refractivity contribution in [3.05, 3.63) is 91.1 Å². The predicted molar refractivity (Wildman–Crippen MR) is 193 cm³/mol. The zero-order chi connectivity index (χ0) is 36.0. The molecule has 0 saturated heterocycles. The molecule has 0 aliphatic carbocycles. The number of ether oxygens (including phenoxy) is 2. The van der Waals surface area contributed by atoms with E-state index >= 15 is 0 Å². The maximum Gasteiger partial charge on any atom is 0.337 e. The Kier molecular flexibility index (Phi) is 9.95. The molecule has 266 valence electrons. The molecule has 12 nitrogen and oxygen atoms in total. The number of H-pyrrole nitrogens is 1. The van der Waals surface area contributed by atoms with Gasteiger partial charge in [0.1, 0.15) is 11.6 Å². The molecular weight excluding hydrogens is 814 g/mol. The van der Waals surface area contributed by atoms with Crippen molar-refractivity contribution in [3.8, 4) is 0 Å². The molecule has 0 saturated carbocycles. The van der Waals surface area contributed by atoms with Crippen molar-refractivity contribution in [1.29, 1.82) is 0 Å². The number of carbonyl (C=O) groups excluding carboxylic acids is 2. The first-order valence-corrected chi connectivity index (χ1v) is 18.4. The van der Waals surface area contributed by atoms with Crippen molar-refractivity contribution < 1.29 is 27.8 Å². The standard InChI is InChI=1S/C17H16BrFN4O2S.C17H16BrFN4O2/c1-2-25-16(24)15(14-13-4-3-5-22(13)17(26)20-14)23-8-10-11(19)6-9(18)7-12(10)21-23;1-2-25-17(24)16(15-14-4-3-5-22(14)9-20-15)23-8-11-12(19)6-10(18)7-13(11)21-23/h6-8,15H,2-5H2,1H3,(H,20,26);6-9,16H,2-5H2,1H3. The Hall–Kier alpha value is -4.22. The number of carbonyl (C=O) groups is 2. The van der Waals surface area contributed by atoms with Gasteiger partial charge in [0.25, 0.3) is 0 Å². The Morgan fingerprint density at radius 2 is 1.41 bits per heavy atom. The zero-order valence-corrected chi connectivity index (χ0v) is 31.5. The molecule has 2 aliphatic heterocycles. The van der Waals surface area contributed by atoms with Crippen LogP contribution in [0, 0.1) is 16.4 Å². The van der Waals surface area contributed by atoms with Crippen molar-refractivity contribution >= 4 is 77.8 Å². The van der Waals surface area contributed by atoms with Gasteiger partial charge in [0.2, 0.25) is 0 Å². The molecule has 6 heterocycles. The lowest BCUT2D eigenvalue weighted by atomic mass is 10.1. The van der Waals surface area contributed by atoms with Gasteiger partial charge in [0.05, 0.1) is 52.7 Å². The first kappa shape index (κ1) is 35.2. The third-order valence-electron chi connectivity index (χ3n) is 8.91. The van der Waals surface area contributed by atoms with Crippen LogP contribution in [0.15, 0.2) is 51.9 Å². The number of imidazole rings is 2. The zero-order valence-electron chi connectivity index (χ0n) is 27.5. The molecule has 1 N–H and O–H groups in total. The number of halogens is 4. The van der Waals surface area contributed by atoms with E-state index in [1.807, 2.05) is 9.13 Å². The third-order valence-corrected chi connectivity index (χ3v) is 10.1. The van der Waals surface area contributed by atoms with E-state index in [0.717, 1.165) is 50.2 Å². The van der Waals surface area contributed by atoms with Crippen LogP contribution in [0.25, 0.3) is 21.8 Å². The Balaban J connectivity index is 0.000000159. The van der Waals surface area contributed by atoms with Gasteiger partial charge in [0, 0.05) is 45.8 Å². The number of rotatable bonds is 8. The summed E-state index contributed by atoms with van der Waals surface area (Å²) in [4.78, 5) is 32.9. The lowest BCUT2D eigenvalue weighted by Gasteiger charge is -2.16. The fourth-order valence-corrected chi connectivity index (χ4v) is 7.88. The van der Waals surface area contributed by atoms with E-state index in [9.17, 15) is 18.4 Å². The number of benzene rings is 2. The van der Waals surface area contributed by atoms with Gasteiger partial charge >= 0.3 is 11.9 Å². The van der Waals surface area contributed by atoms with Crippen molar-refractivity contribution in [3.63, 3.8) is 0 Å². The Morgan fingerprint density at radius 1 is 0.863 bits per heavy atom. The quantitative estimate of drug-likeness (QED) is 0.127. The minimum atomic E-state index is -0.837. The van der Waals surface area contributed by atoms with E-state index in [0.29, 0.717) is 46.9 Å². The van der Waals surface area contributed by atoms with Gasteiger partial charge in [-0.2, -0.15) is 10.2 Å². The van der Waals surface area contributed by atoms with Gasteiger partial charge in [0.15, 0.2) is 16.9 Å². The summed E-state index contributed by atoms with van der Waals surface area (Å²) >= 11 is 11.9. The highest BCUT2D eigenvalue weighted by Gasteiger charge is 2.34. The SMILES string of the molecule is CCOC(=O)C(c1[nH]c(=S)n2c1CCC2)n1cc2c(F)cc(Br)cc2n1.CCOC(=O)C(c1ncn2c1CCC2)n1cc2c(F)cc(Br)cc2n1. The number of aryl methyl sites for hydroxylation is 1. The molecule has 2 atom stereocenters. The fourth-order valence-electron chi connectivity index (χ4n) is 6.74. The molecule has 0 spiro atoms. The van der Waals surface area contributed by atoms with E-state index < -0.39 is 35.7 Å². The van der Waals surface area contributed by atoms with Crippen LogP contribution in [0.5, 0.6) is 0 Å². The topological polar surface area (TPSA) is 127 Å². The Bertz CT molecular complexity index is 2360. The summed E-state index contributed by atoms with van der Waals surface area (Å²) in [5.74, 6) is -1.69. The van der Waals surface area contributed by atoms with Crippen LogP contribution in [0.3, 0.4) is 0 Å². The lowest BCUT2D eigenvalue weighted by Crippen LogP contribution is -2.25. The second-order valence-corrected chi connectivity index (χ2v) is 14.3. The Morgan fingerprint density at radius 3 is 2.02 bits per heavy atom. The maximum atomic E-state index is 14.3. The highest BCUT2D eigenvalue weighted by molar-refractivity contribution is 9.10. The van der Waals surface area contributed by atoms with Gasteiger partial charge in [-0.25, -0.2) is 23.4 Å². The molecule has 0 radical (unpaired) electrons. The average molecular weight is 847 g/mol. The summed E-state index contributed by atoms with van der Waals surface area (Å²) in [6.45, 7) is 5.71. The largest absolute Gasteiger partial charge is 0.464 e. The molecule has 4 aromatic heterocycles. The second kappa shape index (κ2) is 14.4. The van der Waals surface area contributed by atoms with Crippen LogP contribution < -0.4 is 0 Å². The number of nitrogens with zero attached hydrogens (tertiary/aromatic N) is 7. The first-order valence-electron chi connectivity index (χ1n) is 16.4. The maximum absolute atomic E-state index is 14.3. The molecule has 2 aliphatic rings. The summed E-state index contributed by atoms with van der Waals surface area (Å²) in [5.41, 5.74) is 4.22. The highest BCUT2D eigenvalue weighted by atomic mass is 79.9. The summed E-state index contributed by atoms with van der Waals surface area (Å²) in [7, 11) is 0. The van der Waals surface area contributed by atoms with Crippen molar-refractivity contribution in [2.24, 2.45) is 0 Å². The van der Waals surface area contributed by atoms with Gasteiger partial charge in [-0.05, 0) is 76.0 Å². The predicted octanol–water partition coefficient (Wildman–Crippen LogP) is 7.13. The number of aromatic amines is 1. The summed E-state index contributed by atoms with van der Waals surface area (Å²) in [6, 6.07) is 4.52. The van der Waals surface area contributed by atoms with E-state index in [1.165, 1.54) is 27.7 Å². The van der Waals surface area contributed by atoms with E-state index in [4.69, 9.17) is 21.7 Å². The Labute approximate surface area is 312 Å². The molecule has 51 heavy (non-hydrogen) atoms. The summed E-state index contributed by atoms with van der Waals surface area (Å²) < 4.78 is 47.7. The lowest BCUT2D eigenvalue weighted by molar-refractivity contribution is -0.147. The van der Waals surface area contributed by atoms with Crippen molar-refractivity contribution in [1.82, 2.24) is 38.7 Å². The third kappa shape index (κ3) is 6.66. The van der Waals surface area contributed by atoms with Crippen LogP contribution in [0.1, 0.15) is 61.5 Å². The summed E-state index contributed by atoms with van der Waals surface area (Å²) in [5, 5.41) is 9.55. The van der Waals surface area contributed by atoms with Crippen LogP contribution in [0.2, 0.25) is 0 Å². The van der Waals surface area contributed by atoms with Crippen molar-refractivity contribution in [2.45, 2.75) is 64.7 Å². The van der Waals surface area contributed by atoms with Crippen LogP contribution >= 0.6 is 44.1 Å². The molecule has 6 aromatic rings. The fraction of sp³-hybridized carbons (Fsp3) is 0.353. The molecule has 17 heteroatoms. The molecule has 0 bridgehead atoms. The van der Waals surface area contributed by atoms with Crippen LogP contribution in [0.4, 0.5) is 8.78 Å². The number of hydrogen-bond donors (Lipinski definition) is 1. The molecule has 0 amide bonds. The molecule has 2 unspecified atom stereocenters. The highest BCUT2D eigenvalue weighted by Crippen LogP contribution is 2.32. The summed E-state index contributed by atoms with van der Waals surface area (Å²) in [6.07, 6.45) is 8.48. The van der Waals surface area contributed by atoms with Crippen molar-refractivity contribution in [2.75, 3.05) is 13.2 Å². The molecule has 2 aromatic carbocycles. The molecule has 0 fully saturated rings. The first-order chi connectivity index (χ1) is 24.6. The number of fused-ring (bicyclic) bond motifs is 4. The number of aromatic nitrogens is 8. The normalized spacial score (nSPS) is 14.6. The smallest absolute Gasteiger partial charge is 0.337 e. The molecular formula is C34H32Br2F2N8O4S. The van der Waals surface area contributed by atoms with Gasteiger partial charge in [-0.3, -0.25) is 9.36 Å². The minimum absolute atomic E-state index is 0.243. The van der Waals surface area contributed by atoms with Crippen LogP contribution in [-0.2, 0) is 45.0 Å². The monoisotopic (exact) mass is 844 g/mol. The number of hydrogen-bond acceptors (Lipinski definition) is 8. The van der Waals surface area contributed by atoms with Gasteiger partial charge in [-0.15, -0.1) is 0 Å². The number of esters is 2.